The summed E-state index contributed by atoms with van der Waals surface area (Å²) in [5, 5.41) is 9.66. The van der Waals surface area contributed by atoms with Crippen molar-refractivity contribution in [3.63, 3.8) is 0 Å². The number of nitrogens with one attached hydrogen (secondary N) is 3. The Hall–Kier alpha value is -3.66. The summed E-state index contributed by atoms with van der Waals surface area (Å²) < 4.78 is 37.7. The van der Waals surface area contributed by atoms with Gasteiger partial charge in [0.15, 0.2) is 0 Å². The van der Waals surface area contributed by atoms with Crippen LogP contribution in [-0.4, -0.2) is 30.8 Å². The zero-order valence-corrected chi connectivity index (χ0v) is 17.3. The molecule has 0 unspecified atom stereocenters. The molecule has 1 aromatic heterocycles. The van der Waals surface area contributed by atoms with Crippen LogP contribution >= 0.6 is 11.3 Å². The highest BCUT2D eigenvalue weighted by atomic mass is 32.1. The summed E-state index contributed by atoms with van der Waals surface area (Å²) in [6.45, 7) is 0.192. The Balaban J connectivity index is 1.46. The number of carbonyl (C=O) groups is 3. The number of carbonyl (C=O) groups excluding carboxylic acids is 3. The average molecular weight is 461 g/mol. The van der Waals surface area contributed by atoms with Crippen molar-refractivity contribution in [1.29, 1.82) is 0 Å². The van der Waals surface area contributed by atoms with Crippen molar-refractivity contribution in [3.8, 4) is 0 Å². The third kappa shape index (κ3) is 6.17. The van der Waals surface area contributed by atoms with Gasteiger partial charge in [-0.2, -0.15) is 13.2 Å². The van der Waals surface area contributed by atoms with Crippen molar-refractivity contribution in [2.75, 3.05) is 18.4 Å². The number of thiophene rings is 1. The van der Waals surface area contributed by atoms with Gasteiger partial charge in [-0.15, -0.1) is 11.3 Å². The van der Waals surface area contributed by atoms with Gasteiger partial charge in [-0.05, 0) is 53.9 Å². The van der Waals surface area contributed by atoms with E-state index in [0.717, 1.165) is 24.3 Å². The molecule has 0 bridgehead atoms. The Labute approximate surface area is 185 Å². The molecular weight excluding hydrogens is 443 g/mol. The van der Waals surface area contributed by atoms with Crippen LogP contribution in [0.15, 0.2) is 66.0 Å². The minimum atomic E-state index is -4.47. The Morgan fingerprint density at radius 3 is 2.03 bits per heavy atom. The first-order valence-corrected chi connectivity index (χ1v) is 10.3. The molecule has 0 aliphatic rings. The lowest BCUT2D eigenvalue weighted by atomic mass is 10.1. The number of halogens is 3. The maximum absolute atomic E-state index is 12.6. The summed E-state index contributed by atoms with van der Waals surface area (Å²) in [6, 6.07) is 13.7. The number of anilines is 1. The first kappa shape index (κ1) is 23.0. The van der Waals surface area contributed by atoms with Crippen molar-refractivity contribution in [2.24, 2.45) is 0 Å². The molecule has 3 N–H and O–H groups in total. The third-order valence-electron chi connectivity index (χ3n) is 4.30. The lowest BCUT2D eigenvalue weighted by molar-refractivity contribution is -0.137. The molecule has 10 heteroatoms. The van der Waals surface area contributed by atoms with Crippen LogP contribution in [0, 0.1) is 0 Å². The van der Waals surface area contributed by atoms with E-state index in [4.69, 9.17) is 0 Å². The molecule has 3 amide bonds. The Morgan fingerprint density at radius 2 is 1.44 bits per heavy atom. The maximum atomic E-state index is 12.6. The molecule has 1 heterocycles. The lowest BCUT2D eigenvalue weighted by Gasteiger charge is -2.10. The molecule has 0 saturated carbocycles. The van der Waals surface area contributed by atoms with Gasteiger partial charge in [0.05, 0.1) is 10.4 Å². The topological polar surface area (TPSA) is 87.3 Å². The highest BCUT2D eigenvalue weighted by Gasteiger charge is 2.30. The fraction of sp³-hybridized carbons (Fsp3) is 0.136. The Morgan fingerprint density at radius 1 is 0.781 bits per heavy atom. The Kier molecular flexibility index (Phi) is 7.26. The van der Waals surface area contributed by atoms with E-state index in [-0.39, 0.29) is 24.6 Å². The molecule has 0 fully saturated rings. The Bertz CT molecular complexity index is 1100. The second kappa shape index (κ2) is 10.1. The van der Waals surface area contributed by atoms with E-state index in [1.54, 1.807) is 35.7 Å². The third-order valence-corrected chi connectivity index (χ3v) is 5.17. The smallest absolute Gasteiger partial charge is 0.350 e. The average Bonchev–Trinajstić information content (AvgIpc) is 3.31. The van der Waals surface area contributed by atoms with Gasteiger partial charge in [-0.25, -0.2) is 0 Å². The molecule has 2 aromatic carbocycles. The molecule has 32 heavy (non-hydrogen) atoms. The molecule has 3 aromatic rings. The van der Waals surface area contributed by atoms with E-state index in [1.165, 1.54) is 17.4 Å². The molecule has 0 aliphatic carbocycles. The molecule has 0 atom stereocenters. The van der Waals surface area contributed by atoms with Crippen LogP contribution in [0.3, 0.4) is 0 Å². The van der Waals surface area contributed by atoms with E-state index >= 15 is 0 Å². The molecule has 0 spiro atoms. The summed E-state index contributed by atoms with van der Waals surface area (Å²) in [4.78, 5) is 37.0. The maximum Gasteiger partial charge on any atom is 0.416 e. The summed E-state index contributed by atoms with van der Waals surface area (Å²) in [5.41, 5.74) is 0.0309. The summed E-state index contributed by atoms with van der Waals surface area (Å²) >= 11 is 1.30. The van der Waals surface area contributed by atoms with Crippen molar-refractivity contribution in [3.05, 3.63) is 87.6 Å². The zero-order valence-electron chi connectivity index (χ0n) is 16.5. The molecule has 3 rings (SSSR count). The molecule has 0 saturated heterocycles. The predicted molar refractivity (Wildman–Crippen MR) is 115 cm³/mol. The van der Waals surface area contributed by atoms with Gasteiger partial charge >= 0.3 is 6.18 Å². The number of benzene rings is 2. The van der Waals surface area contributed by atoms with E-state index in [9.17, 15) is 27.6 Å². The van der Waals surface area contributed by atoms with Gasteiger partial charge in [0.2, 0.25) is 0 Å². The van der Waals surface area contributed by atoms with Crippen molar-refractivity contribution in [2.45, 2.75) is 6.18 Å². The van der Waals surface area contributed by atoms with Crippen molar-refractivity contribution < 1.29 is 27.6 Å². The predicted octanol–water partition coefficient (Wildman–Crippen LogP) is 4.18. The van der Waals surface area contributed by atoms with Crippen LogP contribution in [0.5, 0.6) is 0 Å². The van der Waals surface area contributed by atoms with Gasteiger partial charge in [0, 0.05) is 29.9 Å². The van der Waals surface area contributed by atoms with Gasteiger partial charge in [0.25, 0.3) is 17.7 Å². The minimum Gasteiger partial charge on any atom is -0.350 e. The van der Waals surface area contributed by atoms with Gasteiger partial charge < -0.3 is 16.0 Å². The monoisotopic (exact) mass is 461 g/mol. The summed E-state index contributed by atoms with van der Waals surface area (Å²) in [5.74, 6) is -1.23. The normalized spacial score (nSPS) is 11.0. The number of hydrogen-bond acceptors (Lipinski definition) is 4. The van der Waals surface area contributed by atoms with Gasteiger partial charge in [0.1, 0.15) is 0 Å². The summed E-state index contributed by atoms with van der Waals surface area (Å²) in [6.07, 6.45) is -4.47. The molecular formula is C22H18F3N3O3S. The van der Waals surface area contributed by atoms with Crippen LogP contribution in [0.25, 0.3) is 0 Å². The molecule has 166 valence electrons. The van der Waals surface area contributed by atoms with E-state index < -0.39 is 23.6 Å². The fourth-order valence-corrected chi connectivity index (χ4v) is 3.32. The largest absolute Gasteiger partial charge is 0.416 e. The van der Waals surface area contributed by atoms with E-state index in [2.05, 4.69) is 16.0 Å². The number of alkyl halides is 3. The van der Waals surface area contributed by atoms with Gasteiger partial charge in [-0.1, -0.05) is 12.1 Å². The van der Waals surface area contributed by atoms with Crippen LogP contribution < -0.4 is 16.0 Å². The standard InChI is InChI=1S/C22H18F3N3O3S/c23-22(24,25)16-8-6-14(7-9-16)19(29)26-10-11-27-20(30)15-3-1-4-17(13-15)28-21(31)18-5-2-12-32-18/h1-9,12-13H,10-11H2,(H,26,29)(H,27,30)(H,28,31). The quantitative estimate of drug-likeness (QED) is 0.462. The highest BCUT2D eigenvalue weighted by Crippen LogP contribution is 2.29. The molecule has 0 radical (unpaired) electrons. The van der Waals surface area contributed by atoms with Crippen molar-refractivity contribution in [1.82, 2.24) is 10.6 Å². The van der Waals surface area contributed by atoms with Crippen molar-refractivity contribution >= 4 is 34.7 Å². The number of hydrogen-bond donors (Lipinski definition) is 3. The SMILES string of the molecule is O=C(NCCNC(=O)c1cccc(NC(=O)c2cccs2)c1)c1ccc(C(F)(F)F)cc1. The van der Waals surface area contributed by atoms with Crippen LogP contribution in [-0.2, 0) is 6.18 Å². The number of rotatable bonds is 7. The van der Waals surface area contributed by atoms with E-state index in [1.807, 2.05) is 0 Å². The second-order valence-corrected chi connectivity index (χ2v) is 7.55. The zero-order chi connectivity index (χ0) is 23.1. The minimum absolute atomic E-state index is 0.0820. The number of amides is 3. The highest BCUT2D eigenvalue weighted by molar-refractivity contribution is 7.12. The van der Waals surface area contributed by atoms with Crippen LogP contribution in [0.1, 0.15) is 36.0 Å². The van der Waals surface area contributed by atoms with Crippen LogP contribution in [0.4, 0.5) is 18.9 Å². The van der Waals surface area contributed by atoms with Crippen LogP contribution in [0.2, 0.25) is 0 Å². The lowest BCUT2D eigenvalue weighted by Crippen LogP contribution is -2.34. The summed E-state index contributed by atoms with van der Waals surface area (Å²) in [7, 11) is 0. The van der Waals surface area contributed by atoms with E-state index in [0.29, 0.717) is 16.1 Å². The molecule has 6 nitrogen and oxygen atoms in total. The van der Waals surface area contributed by atoms with Gasteiger partial charge in [-0.3, -0.25) is 14.4 Å². The fourth-order valence-electron chi connectivity index (χ4n) is 2.71. The first-order valence-electron chi connectivity index (χ1n) is 9.42. The first-order chi connectivity index (χ1) is 15.2. The molecule has 0 aliphatic heterocycles. The second-order valence-electron chi connectivity index (χ2n) is 6.60.